The minimum atomic E-state index is 0.0368. The molecule has 5 heteroatoms. The SMILES string of the molecule is Cc1cccc(CC(=O)NCc2ccc(-c3ccc(OCCN4CCOCC4)cc3C)cc2)c1. The molecule has 1 aliphatic rings. The Hall–Kier alpha value is -3.15. The summed E-state index contributed by atoms with van der Waals surface area (Å²) in [6.45, 7) is 9.87. The van der Waals surface area contributed by atoms with Crippen LogP contribution in [0.3, 0.4) is 0 Å². The second-order valence-corrected chi connectivity index (χ2v) is 8.92. The third kappa shape index (κ3) is 6.92. The fraction of sp³-hybridized carbons (Fsp3) is 0.345. The van der Waals surface area contributed by atoms with Crippen molar-refractivity contribution < 1.29 is 14.3 Å². The molecule has 0 radical (unpaired) electrons. The van der Waals surface area contributed by atoms with E-state index in [9.17, 15) is 4.79 Å². The van der Waals surface area contributed by atoms with Crippen molar-refractivity contribution in [3.8, 4) is 16.9 Å². The molecular weight excluding hydrogens is 424 g/mol. The van der Waals surface area contributed by atoms with Gasteiger partial charge in [-0.1, -0.05) is 60.2 Å². The summed E-state index contributed by atoms with van der Waals surface area (Å²) in [5.41, 5.74) is 6.83. The Bertz CT molecular complexity index is 1090. The fourth-order valence-corrected chi connectivity index (χ4v) is 4.24. The average Bonchev–Trinajstić information content (AvgIpc) is 2.84. The molecule has 0 aromatic heterocycles. The number of rotatable bonds is 9. The van der Waals surface area contributed by atoms with Crippen LogP contribution in [0.25, 0.3) is 11.1 Å². The van der Waals surface area contributed by atoms with Gasteiger partial charge in [-0.25, -0.2) is 0 Å². The molecule has 34 heavy (non-hydrogen) atoms. The Kier molecular flexibility index (Phi) is 8.34. The van der Waals surface area contributed by atoms with Gasteiger partial charge in [0.05, 0.1) is 19.6 Å². The zero-order chi connectivity index (χ0) is 23.8. The van der Waals surface area contributed by atoms with Crippen LogP contribution >= 0.6 is 0 Å². The van der Waals surface area contributed by atoms with Crippen LogP contribution in [0.15, 0.2) is 66.7 Å². The summed E-state index contributed by atoms with van der Waals surface area (Å²) in [5, 5.41) is 3.02. The van der Waals surface area contributed by atoms with Crippen LogP contribution in [-0.4, -0.2) is 50.3 Å². The molecule has 1 heterocycles. The van der Waals surface area contributed by atoms with Gasteiger partial charge >= 0.3 is 0 Å². The van der Waals surface area contributed by atoms with E-state index in [1.807, 2.05) is 31.2 Å². The average molecular weight is 459 g/mol. The Labute approximate surface area is 202 Å². The molecule has 0 saturated carbocycles. The first-order valence-electron chi connectivity index (χ1n) is 12.0. The minimum absolute atomic E-state index is 0.0368. The van der Waals surface area contributed by atoms with Crippen LogP contribution in [0.2, 0.25) is 0 Å². The summed E-state index contributed by atoms with van der Waals surface area (Å²) in [4.78, 5) is 14.7. The molecule has 1 aliphatic heterocycles. The lowest BCUT2D eigenvalue weighted by Gasteiger charge is -2.26. The van der Waals surface area contributed by atoms with Gasteiger partial charge in [0.1, 0.15) is 12.4 Å². The Balaban J connectivity index is 1.27. The van der Waals surface area contributed by atoms with Crippen molar-refractivity contribution >= 4 is 5.91 Å². The monoisotopic (exact) mass is 458 g/mol. The number of amides is 1. The van der Waals surface area contributed by atoms with Gasteiger partial charge in [0.25, 0.3) is 0 Å². The highest BCUT2D eigenvalue weighted by Crippen LogP contribution is 2.27. The van der Waals surface area contributed by atoms with Gasteiger partial charge in [-0.15, -0.1) is 0 Å². The maximum absolute atomic E-state index is 12.3. The van der Waals surface area contributed by atoms with Gasteiger partial charge in [0, 0.05) is 26.2 Å². The van der Waals surface area contributed by atoms with E-state index >= 15 is 0 Å². The lowest BCUT2D eigenvalue weighted by Crippen LogP contribution is -2.38. The maximum atomic E-state index is 12.3. The van der Waals surface area contributed by atoms with Crippen LogP contribution in [0.5, 0.6) is 5.75 Å². The molecule has 1 amide bonds. The van der Waals surface area contributed by atoms with Gasteiger partial charge < -0.3 is 14.8 Å². The second kappa shape index (κ2) is 11.8. The highest BCUT2D eigenvalue weighted by atomic mass is 16.5. The lowest BCUT2D eigenvalue weighted by molar-refractivity contribution is -0.120. The van der Waals surface area contributed by atoms with Crippen LogP contribution in [0.4, 0.5) is 0 Å². The Morgan fingerprint density at radius 2 is 1.76 bits per heavy atom. The molecule has 3 aromatic carbocycles. The lowest BCUT2D eigenvalue weighted by atomic mass is 9.99. The number of morpholine rings is 1. The standard InChI is InChI=1S/C29H34N2O3/c1-22-4-3-5-25(18-22)20-29(32)30-21-24-6-8-26(9-7-24)28-11-10-27(19-23(28)2)34-17-14-31-12-15-33-16-13-31/h3-11,18-19H,12-17,20-21H2,1-2H3,(H,30,32). The third-order valence-corrected chi connectivity index (χ3v) is 6.18. The van der Waals surface area contributed by atoms with E-state index in [2.05, 4.69) is 59.6 Å². The summed E-state index contributed by atoms with van der Waals surface area (Å²) in [6, 6.07) is 22.7. The van der Waals surface area contributed by atoms with Gasteiger partial charge in [-0.3, -0.25) is 9.69 Å². The number of carbonyl (C=O) groups is 1. The van der Waals surface area contributed by atoms with Crippen molar-refractivity contribution in [2.24, 2.45) is 0 Å². The number of nitrogens with zero attached hydrogens (tertiary/aromatic N) is 1. The smallest absolute Gasteiger partial charge is 0.224 e. The molecule has 0 atom stereocenters. The first kappa shape index (κ1) is 24.0. The quantitative estimate of drug-likeness (QED) is 0.512. The van der Waals surface area contributed by atoms with Crippen molar-refractivity contribution in [3.63, 3.8) is 0 Å². The first-order chi connectivity index (χ1) is 16.6. The van der Waals surface area contributed by atoms with Gasteiger partial charge in [0.2, 0.25) is 5.91 Å². The summed E-state index contributed by atoms with van der Waals surface area (Å²) in [5.74, 6) is 0.942. The normalized spacial score (nSPS) is 14.1. The Morgan fingerprint density at radius 1 is 0.971 bits per heavy atom. The van der Waals surface area contributed by atoms with Crippen LogP contribution in [-0.2, 0) is 22.5 Å². The van der Waals surface area contributed by atoms with Crippen molar-refractivity contribution in [3.05, 3.63) is 89.0 Å². The molecular formula is C29H34N2O3. The van der Waals surface area contributed by atoms with E-state index in [-0.39, 0.29) is 5.91 Å². The minimum Gasteiger partial charge on any atom is -0.492 e. The molecule has 0 bridgehead atoms. The topological polar surface area (TPSA) is 50.8 Å². The zero-order valence-corrected chi connectivity index (χ0v) is 20.2. The molecule has 3 aromatic rings. The molecule has 0 spiro atoms. The van der Waals surface area contributed by atoms with E-state index in [1.165, 1.54) is 16.7 Å². The number of hydrogen-bond donors (Lipinski definition) is 1. The number of aryl methyl sites for hydroxylation is 2. The predicted molar refractivity (Wildman–Crippen MR) is 136 cm³/mol. The zero-order valence-electron chi connectivity index (χ0n) is 20.2. The van der Waals surface area contributed by atoms with Crippen LogP contribution in [0.1, 0.15) is 22.3 Å². The van der Waals surface area contributed by atoms with Gasteiger partial charge in [-0.2, -0.15) is 0 Å². The first-order valence-corrected chi connectivity index (χ1v) is 12.0. The molecule has 5 nitrogen and oxygen atoms in total. The largest absolute Gasteiger partial charge is 0.492 e. The summed E-state index contributed by atoms with van der Waals surface area (Å²) >= 11 is 0. The third-order valence-electron chi connectivity index (χ3n) is 6.18. The second-order valence-electron chi connectivity index (χ2n) is 8.92. The van der Waals surface area contributed by atoms with E-state index in [4.69, 9.17) is 9.47 Å². The molecule has 1 saturated heterocycles. The molecule has 178 valence electrons. The Morgan fingerprint density at radius 3 is 2.50 bits per heavy atom. The van der Waals surface area contributed by atoms with E-state index in [0.29, 0.717) is 19.6 Å². The van der Waals surface area contributed by atoms with Crippen molar-refractivity contribution in [2.75, 3.05) is 39.5 Å². The summed E-state index contributed by atoms with van der Waals surface area (Å²) in [7, 11) is 0. The fourth-order valence-electron chi connectivity index (χ4n) is 4.24. The highest BCUT2D eigenvalue weighted by Gasteiger charge is 2.10. The highest BCUT2D eigenvalue weighted by molar-refractivity contribution is 5.78. The molecule has 4 rings (SSSR count). The van der Waals surface area contributed by atoms with Gasteiger partial charge in [0.15, 0.2) is 0 Å². The maximum Gasteiger partial charge on any atom is 0.224 e. The summed E-state index contributed by atoms with van der Waals surface area (Å²) < 4.78 is 11.4. The van der Waals surface area contributed by atoms with Crippen molar-refractivity contribution in [1.82, 2.24) is 10.2 Å². The van der Waals surface area contributed by atoms with Crippen LogP contribution < -0.4 is 10.1 Å². The van der Waals surface area contributed by atoms with Crippen molar-refractivity contribution in [2.45, 2.75) is 26.8 Å². The van der Waals surface area contributed by atoms with E-state index in [1.54, 1.807) is 0 Å². The molecule has 0 aliphatic carbocycles. The predicted octanol–water partition coefficient (Wildman–Crippen LogP) is 4.54. The number of nitrogens with one attached hydrogen (secondary N) is 1. The summed E-state index contributed by atoms with van der Waals surface area (Å²) in [6.07, 6.45) is 0.403. The van der Waals surface area contributed by atoms with E-state index in [0.717, 1.165) is 55.3 Å². The molecule has 0 unspecified atom stereocenters. The number of carbonyl (C=O) groups excluding carboxylic acids is 1. The number of hydrogen-bond acceptors (Lipinski definition) is 4. The molecule has 1 N–H and O–H groups in total. The van der Waals surface area contributed by atoms with E-state index < -0.39 is 0 Å². The number of ether oxygens (including phenoxy) is 2. The van der Waals surface area contributed by atoms with Gasteiger partial charge in [-0.05, 0) is 53.8 Å². The molecule has 1 fully saturated rings. The van der Waals surface area contributed by atoms with Crippen molar-refractivity contribution in [1.29, 1.82) is 0 Å². The van der Waals surface area contributed by atoms with Crippen LogP contribution in [0, 0.1) is 13.8 Å². The number of benzene rings is 3.